The topological polar surface area (TPSA) is 57.2 Å². The van der Waals surface area contributed by atoms with Gasteiger partial charge in [-0.2, -0.15) is 0 Å². The third kappa shape index (κ3) is 3.78. The average Bonchev–Trinajstić information content (AvgIpc) is 3.00. The Morgan fingerprint density at radius 2 is 1.96 bits per heavy atom. The van der Waals surface area contributed by atoms with Crippen LogP contribution in [0.3, 0.4) is 0 Å². The quantitative estimate of drug-likeness (QED) is 0.840. The van der Waals surface area contributed by atoms with Crippen molar-refractivity contribution in [2.75, 3.05) is 0 Å². The molecule has 2 atom stereocenters. The minimum atomic E-state index is -1.14. The molecule has 0 heterocycles. The highest BCUT2D eigenvalue weighted by atomic mass is 19.1. The molecule has 0 N–H and O–H groups in total. The molecule has 0 radical (unpaired) electrons. The van der Waals surface area contributed by atoms with Gasteiger partial charge in [-0.15, -0.1) is 0 Å². The summed E-state index contributed by atoms with van der Waals surface area (Å²) in [5, 5.41) is 11.2. The fraction of sp³-hybridized carbons (Fsp3) is 0.333. The van der Waals surface area contributed by atoms with Gasteiger partial charge in [-0.3, -0.25) is 4.79 Å². The molecule has 1 saturated carbocycles. The Kier molecular flexibility index (Phi) is 4.98. The van der Waals surface area contributed by atoms with Crippen LogP contribution in [0.2, 0.25) is 0 Å². The number of aliphatic carboxylic acids is 1. The number of hydrogen-bond acceptors (Lipinski definition) is 3. The van der Waals surface area contributed by atoms with E-state index in [-0.39, 0.29) is 17.5 Å². The first-order valence-corrected chi connectivity index (χ1v) is 8.58. The van der Waals surface area contributed by atoms with Crippen LogP contribution in [0.15, 0.2) is 42.5 Å². The first-order chi connectivity index (χ1) is 12.0. The van der Waals surface area contributed by atoms with Gasteiger partial charge in [0.15, 0.2) is 0 Å². The van der Waals surface area contributed by atoms with Crippen LogP contribution >= 0.6 is 0 Å². The SMILES string of the molecule is CC(C(=O)[O-])c1ccc(CC2CCCC2=O)c(-c2ccc(F)cc2)c1. The van der Waals surface area contributed by atoms with Crippen molar-refractivity contribution >= 4 is 11.8 Å². The molecule has 2 aromatic rings. The van der Waals surface area contributed by atoms with E-state index in [0.29, 0.717) is 18.4 Å². The second kappa shape index (κ2) is 7.18. The Hall–Kier alpha value is -2.49. The van der Waals surface area contributed by atoms with Gasteiger partial charge in [-0.1, -0.05) is 37.3 Å². The molecule has 0 spiro atoms. The molecule has 0 aromatic heterocycles. The lowest BCUT2D eigenvalue weighted by molar-refractivity contribution is -0.307. The van der Waals surface area contributed by atoms with Gasteiger partial charge in [0.1, 0.15) is 11.6 Å². The van der Waals surface area contributed by atoms with Gasteiger partial charge >= 0.3 is 0 Å². The zero-order valence-corrected chi connectivity index (χ0v) is 14.1. The maximum absolute atomic E-state index is 13.3. The molecule has 130 valence electrons. The van der Waals surface area contributed by atoms with Crippen molar-refractivity contribution < 1.29 is 19.1 Å². The standard InChI is InChI=1S/C21H21FO3/c1-13(21(24)25)15-5-6-16(11-17-3-2-4-20(17)23)19(12-15)14-7-9-18(22)10-8-14/h5-10,12-13,17H,2-4,11H2,1H3,(H,24,25)/p-1. The fourth-order valence-electron chi connectivity index (χ4n) is 3.44. The van der Waals surface area contributed by atoms with Gasteiger partial charge in [0.25, 0.3) is 0 Å². The van der Waals surface area contributed by atoms with E-state index in [0.717, 1.165) is 29.5 Å². The molecule has 2 aromatic carbocycles. The summed E-state index contributed by atoms with van der Waals surface area (Å²) in [6, 6.07) is 11.6. The molecule has 2 unspecified atom stereocenters. The number of benzene rings is 2. The van der Waals surface area contributed by atoms with Crippen molar-refractivity contribution in [1.82, 2.24) is 0 Å². The lowest BCUT2D eigenvalue weighted by atomic mass is 9.88. The number of hydrogen-bond donors (Lipinski definition) is 0. The van der Waals surface area contributed by atoms with E-state index < -0.39 is 11.9 Å². The molecule has 0 bridgehead atoms. The van der Waals surface area contributed by atoms with Gasteiger partial charge in [0, 0.05) is 24.2 Å². The summed E-state index contributed by atoms with van der Waals surface area (Å²) >= 11 is 0. The summed E-state index contributed by atoms with van der Waals surface area (Å²) in [6.07, 6.45) is 3.08. The van der Waals surface area contributed by atoms with Crippen LogP contribution in [0.25, 0.3) is 11.1 Å². The van der Waals surface area contributed by atoms with Crippen LogP contribution in [0, 0.1) is 11.7 Å². The summed E-state index contributed by atoms with van der Waals surface area (Å²) in [5.74, 6) is -1.89. The maximum atomic E-state index is 13.3. The second-order valence-corrected chi connectivity index (χ2v) is 6.72. The number of carbonyl (C=O) groups excluding carboxylic acids is 2. The largest absolute Gasteiger partial charge is 0.550 e. The lowest BCUT2D eigenvalue weighted by Crippen LogP contribution is -2.28. The molecule has 3 nitrogen and oxygen atoms in total. The predicted molar refractivity (Wildman–Crippen MR) is 91.3 cm³/mol. The first-order valence-electron chi connectivity index (χ1n) is 8.58. The number of Topliss-reactive ketones (excluding diaryl/α,β-unsaturated/α-hetero) is 1. The van der Waals surface area contributed by atoms with Crippen molar-refractivity contribution in [3.63, 3.8) is 0 Å². The molecular formula is C21H20FO3-. The number of carboxylic acid groups (broad SMARTS) is 1. The third-order valence-electron chi connectivity index (χ3n) is 5.04. The molecule has 4 heteroatoms. The number of carboxylic acids is 1. The van der Waals surface area contributed by atoms with E-state index in [1.165, 1.54) is 12.1 Å². The smallest absolute Gasteiger partial charge is 0.136 e. The number of ketones is 1. The van der Waals surface area contributed by atoms with Crippen LogP contribution in [-0.4, -0.2) is 11.8 Å². The van der Waals surface area contributed by atoms with Crippen molar-refractivity contribution in [3.05, 3.63) is 59.4 Å². The van der Waals surface area contributed by atoms with E-state index in [2.05, 4.69) is 0 Å². The van der Waals surface area contributed by atoms with Gasteiger partial charge in [-0.25, -0.2) is 4.39 Å². The predicted octanol–water partition coefficient (Wildman–Crippen LogP) is 3.26. The highest BCUT2D eigenvalue weighted by Crippen LogP contribution is 2.32. The molecule has 3 rings (SSSR count). The summed E-state index contributed by atoms with van der Waals surface area (Å²) < 4.78 is 13.3. The van der Waals surface area contributed by atoms with Gasteiger partial charge in [0.05, 0.1) is 0 Å². The normalized spacial score (nSPS) is 18.3. The van der Waals surface area contributed by atoms with Gasteiger partial charge in [-0.05, 0) is 53.6 Å². The van der Waals surface area contributed by atoms with E-state index in [9.17, 15) is 19.1 Å². The number of carbonyl (C=O) groups is 2. The Bertz CT molecular complexity index is 795. The van der Waals surface area contributed by atoms with Crippen LogP contribution in [0.1, 0.15) is 43.2 Å². The third-order valence-corrected chi connectivity index (χ3v) is 5.04. The molecule has 25 heavy (non-hydrogen) atoms. The number of rotatable bonds is 5. The lowest BCUT2D eigenvalue weighted by Gasteiger charge is -2.18. The molecule has 0 amide bonds. The van der Waals surface area contributed by atoms with E-state index >= 15 is 0 Å². The maximum Gasteiger partial charge on any atom is 0.136 e. The highest BCUT2D eigenvalue weighted by molar-refractivity contribution is 5.83. The Morgan fingerprint density at radius 3 is 2.56 bits per heavy atom. The van der Waals surface area contributed by atoms with E-state index in [1.807, 2.05) is 12.1 Å². The molecule has 1 aliphatic rings. The van der Waals surface area contributed by atoms with E-state index in [4.69, 9.17) is 0 Å². The molecular weight excluding hydrogens is 319 g/mol. The zero-order chi connectivity index (χ0) is 18.0. The molecule has 0 saturated heterocycles. The van der Waals surface area contributed by atoms with Crippen LogP contribution in [-0.2, 0) is 16.0 Å². The summed E-state index contributed by atoms with van der Waals surface area (Å²) in [7, 11) is 0. The minimum absolute atomic E-state index is 0.0172. The van der Waals surface area contributed by atoms with Crippen LogP contribution in [0.4, 0.5) is 4.39 Å². The Labute approximate surface area is 146 Å². The zero-order valence-electron chi connectivity index (χ0n) is 14.1. The van der Waals surface area contributed by atoms with Gasteiger partial charge in [0.2, 0.25) is 0 Å². The monoisotopic (exact) mass is 339 g/mol. The van der Waals surface area contributed by atoms with Crippen LogP contribution < -0.4 is 5.11 Å². The molecule has 1 fully saturated rings. The first kappa shape index (κ1) is 17.3. The summed E-state index contributed by atoms with van der Waals surface area (Å²) in [6.45, 7) is 1.58. The summed E-state index contributed by atoms with van der Waals surface area (Å²) in [5.41, 5.74) is 3.29. The molecule has 0 aliphatic heterocycles. The van der Waals surface area contributed by atoms with Crippen molar-refractivity contribution in [1.29, 1.82) is 0 Å². The second-order valence-electron chi connectivity index (χ2n) is 6.72. The van der Waals surface area contributed by atoms with E-state index in [1.54, 1.807) is 25.1 Å². The minimum Gasteiger partial charge on any atom is -0.550 e. The average molecular weight is 339 g/mol. The molecule has 1 aliphatic carbocycles. The van der Waals surface area contributed by atoms with Gasteiger partial charge < -0.3 is 9.90 Å². The Balaban J connectivity index is 2.02. The summed E-state index contributed by atoms with van der Waals surface area (Å²) in [4.78, 5) is 23.2. The Morgan fingerprint density at radius 1 is 1.24 bits per heavy atom. The van der Waals surface area contributed by atoms with Crippen molar-refractivity contribution in [2.24, 2.45) is 5.92 Å². The number of halogens is 1. The van der Waals surface area contributed by atoms with Crippen molar-refractivity contribution in [2.45, 2.75) is 38.5 Å². The fourth-order valence-corrected chi connectivity index (χ4v) is 3.44. The van der Waals surface area contributed by atoms with Crippen molar-refractivity contribution in [3.8, 4) is 11.1 Å². The van der Waals surface area contributed by atoms with Crippen LogP contribution in [0.5, 0.6) is 0 Å². The highest BCUT2D eigenvalue weighted by Gasteiger charge is 2.25.